The Morgan fingerprint density at radius 3 is 2.70 bits per heavy atom. The molecule has 1 atom stereocenters. The number of aldehydes is 1. The highest BCUT2D eigenvalue weighted by Crippen LogP contribution is 2.30. The maximum atomic E-state index is 12.1. The van der Waals surface area contributed by atoms with Crippen molar-refractivity contribution in [2.75, 3.05) is 13.7 Å². The van der Waals surface area contributed by atoms with Gasteiger partial charge in [-0.25, -0.2) is 0 Å². The molecule has 0 saturated carbocycles. The fourth-order valence-corrected chi connectivity index (χ4v) is 2.95. The standard InChI is InChI=1S/C15H15O4P/c1-18-13-6-4-5-12(11-13)14-7-2-3-8-15(14)20(17)19-10-9-16/h2-9,11,20H,10H2,1H3. The van der Waals surface area contributed by atoms with Gasteiger partial charge in [-0.05, 0) is 29.3 Å². The van der Waals surface area contributed by atoms with Gasteiger partial charge in [0.1, 0.15) is 18.6 Å². The molecule has 0 aliphatic heterocycles. The van der Waals surface area contributed by atoms with Gasteiger partial charge in [-0.15, -0.1) is 0 Å². The van der Waals surface area contributed by atoms with Gasteiger partial charge in [0.25, 0.3) is 0 Å². The highest BCUT2D eigenvalue weighted by molar-refractivity contribution is 7.48. The van der Waals surface area contributed by atoms with Crippen LogP contribution in [0, 0.1) is 0 Å². The normalized spacial score (nSPS) is 11.8. The van der Waals surface area contributed by atoms with Crippen molar-refractivity contribution < 1.29 is 18.6 Å². The number of hydrogen-bond donors (Lipinski definition) is 0. The lowest BCUT2D eigenvalue weighted by Gasteiger charge is -2.10. The Balaban J connectivity index is 2.40. The molecule has 0 amide bonds. The summed E-state index contributed by atoms with van der Waals surface area (Å²) in [6.07, 6.45) is 0.594. The number of benzene rings is 2. The van der Waals surface area contributed by atoms with Crippen LogP contribution in [0.1, 0.15) is 0 Å². The smallest absolute Gasteiger partial charge is 0.221 e. The topological polar surface area (TPSA) is 52.6 Å². The molecule has 0 radical (unpaired) electrons. The van der Waals surface area contributed by atoms with E-state index >= 15 is 0 Å². The van der Waals surface area contributed by atoms with E-state index < -0.39 is 8.03 Å². The van der Waals surface area contributed by atoms with E-state index in [4.69, 9.17) is 9.26 Å². The summed E-state index contributed by atoms with van der Waals surface area (Å²) in [6.45, 7) is -0.162. The molecule has 104 valence electrons. The highest BCUT2D eigenvalue weighted by atomic mass is 31.1. The summed E-state index contributed by atoms with van der Waals surface area (Å²) in [7, 11) is -0.850. The molecular weight excluding hydrogens is 275 g/mol. The summed E-state index contributed by atoms with van der Waals surface area (Å²) < 4.78 is 22.4. The molecule has 0 fully saturated rings. The minimum Gasteiger partial charge on any atom is -0.497 e. The number of ether oxygens (including phenoxy) is 1. The van der Waals surface area contributed by atoms with Gasteiger partial charge in [0.05, 0.1) is 7.11 Å². The molecule has 2 rings (SSSR count). The average molecular weight is 290 g/mol. The van der Waals surface area contributed by atoms with Gasteiger partial charge in [0.15, 0.2) is 0 Å². The van der Waals surface area contributed by atoms with Crippen molar-refractivity contribution in [3.8, 4) is 16.9 Å². The van der Waals surface area contributed by atoms with E-state index in [1.165, 1.54) is 0 Å². The molecule has 0 saturated heterocycles. The first-order chi connectivity index (χ1) is 9.76. The van der Waals surface area contributed by atoms with E-state index in [1.807, 2.05) is 36.4 Å². The second kappa shape index (κ2) is 7.04. The largest absolute Gasteiger partial charge is 0.497 e. The third-order valence-corrected chi connectivity index (χ3v) is 4.11. The Bertz CT molecular complexity index is 625. The maximum absolute atomic E-state index is 12.1. The van der Waals surface area contributed by atoms with Crippen LogP contribution < -0.4 is 10.0 Å². The minimum atomic E-state index is -2.45. The van der Waals surface area contributed by atoms with Crippen molar-refractivity contribution in [3.05, 3.63) is 48.5 Å². The van der Waals surface area contributed by atoms with Crippen LogP contribution in [0.15, 0.2) is 48.5 Å². The molecule has 0 aromatic heterocycles. The maximum Gasteiger partial charge on any atom is 0.221 e. The molecule has 0 N–H and O–H groups in total. The number of rotatable bonds is 6. The summed E-state index contributed by atoms with van der Waals surface area (Å²) in [5, 5.41) is 0.604. The number of methoxy groups -OCH3 is 1. The molecule has 2 aromatic rings. The van der Waals surface area contributed by atoms with Crippen LogP contribution in [0.2, 0.25) is 0 Å². The minimum absolute atomic E-state index is 0.162. The fourth-order valence-electron chi connectivity index (χ4n) is 1.89. The zero-order valence-electron chi connectivity index (χ0n) is 11.0. The second-order valence-electron chi connectivity index (χ2n) is 4.04. The zero-order chi connectivity index (χ0) is 14.4. The summed E-state index contributed by atoms with van der Waals surface area (Å²) >= 11 is 0. The summed E-state index contributed by atoms with van der Waals surface area (Å²) in [5.41, 5.74) is 1.72. The molecule has 5 heteroatoms. The summed E-state index contributed by atoms with van der Waals surface area (Å²) in [6, 6.07) is 14.8. The van der Waals surface area contributed by atoms with Crippen molar-refractivity contribution in [2.45, 2.75) is 0 Å². The molecule has 0 bridgehead atoms. The Hall–Kier alpha value is -1.90. The van der Waals surface area contributed by atoms with Crippen LogP contribution in [-0.2, 0) is 13.9 Å². The summed E-state index contributed by atoms with van der Waals surface area (Å²) in [4.78, 5) is 10.3. The second-order valence-corrected chi connectivity index (χ2v) is 5.44. The molecule has 0 aliphatic carbocycles. The summed E-state index contributed by atoms with van der Waals surface area (Å²) in [5.74, 6) is 0.728. The predicted molar refractivity (Wildman–Crippen MR) is 79.1 cm³/mol. The zero-order valence-corrected chi connectivity index (χ0v) is 12.0. The van der Waals surface area contributed by atoms with Gasteiger partial charge in [-0.1, -0.05) is 30.3 Å². The van der Waals surface area contributed by atoms with E-state index in [0.717, 1.165) is 16.9 Å². The van der Waals surface area contributed by atoms with E-state index in [-0.39, 0.29) is 6.61 Å². The number of hydrogen-bond acceptors (Lipinski definition) is 4. The van der Waals surface area contributed by atoms with E-state index in [1.54, 1.807) is 19.2 Å². The molecular formula is C15H15O4P. The average Bonchev–Trinajstić information content (AvgIpc) is 2.52. The van der Waals surface area contributed by atoms with Gasteiger partial charge >= 0.3 is 0 Å². The van der Waals surface area contributed by atoms with Crippen LogP contribution in [0.5, 0.6) is 5.75 Å². The molecule has 0 heterocycles. The van der Waals surface area contributed by atoms with Gasteiger partial charge in [-0.2, -0.15) is 0 Å². The highest BCUT2D eigenvalue weighted by Gasteiger charge is 2.11. The first kappa shape index (κ1) is 14.5. The van der Waals surface area contributed by atoms with Crippen molar-refractivity contribution in [1.29, 1.82) is 0 Å². The van der Waals surface area contributed by atoms with Crippen LogP contribution in [0.4, 0.5) is 0 Å². The lowest BCUT2D eigenvalue weighted by Crippen LogP contribution is -2.04. The number of carbonyl (C=O) groups is 1. The van der Waals surface area contributed by atoms with Crippen LogP contribution in [0.25, 0.3) is 11.1 Å². The van der Waals surface area contributed by atoms with Crippen molar-refractivity contribution >= 4 is 19.6 Å². The third kappa shape index (κ3) is 3.35. The van der Waals surface area contributed by atoms with Crippen molar-refractivity contribution in [3.63, 3.8) is 0 Å². The van der Waals surface area contributed by atoms with E-state index in [9.17, 15) is 9.36 Å². The quantitative estimate of drug-likeness (QED) is 0.606. The Labute approximate surface area is 118 Å². The lowest BCUT2D eigenvalue weighted by molar-refractivity contribution is -0.109. The third-order valence-electron chi connectivity index (χ3n) is 2.81. The molecule has 4 nitrogen and oxygen atoms in total. The van der Waals surface area contributed by atoms with Gasteiger partial charge in [0, 0.05) is 5.30 Å². The van der Waals surface area contributed by atoms with Gasteiger partial charge in [-0.3, -0.25) is 4.57 Å². The Morgan fingerprint density at radius 2 is 1.95 bits per heavy atom. The molecule has 0 spiro atoms. The Morgan fingerprint density at radius 1 is 1.15 bits per heavy atom. The van der Waals surface area contributed by atoms with Crippen LogP contribution >= 0.6 is 8.03 Å². The lowest BCUT2D eigenvalue weighted by atomic mass is 10.1. The SMILES string of the molecule is COc1cccc(-c2ccccc2[PH](=O)OCC=O)c1. The van der Waals surface area contributed by atoms with E-state index in [0.29, 0.717) is 11.6 Å². The van der Waals surface area contributed by atoms with Crippen molar-refractivity contribution in [1.82, 2.24) is 0 Å². The van der Waals surface area contributed by atoms with Gasteiger partial charge < -0.3 is 14.1 Å². The molecule has 20 heavy (non-hydrogen) atoms. The van der Waals surface area contributed by atoms with E-state index in [2.05, 4.69) is 0 Å². The van der Waals surface area contributed by atoms with Gasteiger partial charge in [0.2, 0.25) is 8.03 Å². The molecule has 2 aromatic carbocycles. The van der Waals surface area contributed by atoms with Crippen LogP contribution in [-0.4, -0.2) is 20.0 Å². The number of carbonyl (C=O) groups excluding carboxylic acids is 1. The monoisotopic (exact) mass is 290 g/mol. The predicted octanol–water partition coefficient (Wildman–Crippen LogP) is 2.68. The molecule has 0 aliphatic rings. The first-order valence-corrected chi connectivity index (χ1v) is 7.42. The molecule has 1 unspecified atom stereocenters. The van der Waals surface area contributed by atoms with Crippen LogP contribution in [0.3, 0.4) is 0 Å². The van der Waals surface area contributed by atoms with Crippen molar-refractivity contribution in [2.24, 2.45) is 0 Å². The first-order valence-electron chi connectivity index (χ1n) is 6.10. The fraction of sp³-hybridized carbons (Fsp3) is 0.133. The Kier molecular flexibility index (Phi) is 5.10.